The molecule has 1 fully saturated rings. The third kappa shape index (κ3) is 10.3. The highest BCUT2D eigenvalue weighted by Gasteiger charge is 2.24. The number of piperidine rings is 1. The summed E-state index contributed by atoms with van der Waals surface area (Å²) >= 11 is 0. The van der Waals surface area contributed by atoms with Gasteiger partial charge in [-0.05, 0) is 56.5 Å². The van der Waals surface area contributed by atoms with Crippen LogP contribution in [0.4, 0.5) is 0 Å². The summed E-state index contributed by atoms with van der Waals surface area (Å²) < 4.78 is 5.65. The fourth-order valence-electron chi connectivity index (χ4n) is 3.67. The number of carboxylic acid groups (broad SMARTS) is 2. The number of aryl methyl sites for hydroxylation is 1. The highest BCUT2D eigenvalue weighted by molar-refractivity contribution is 6.27. The number of amides is 1. The number of carboxylic acids is 2. The lowest BCUT2D eigenvalue weighted by Crippen LogP contribution is -2.42. The van der Waals surface area contributed by atoms with Crippen LogP contribution in [-0.2, 0) is 20.8 Å². The number of hydrogen-bond donors (Lipinski definition) is 4. The average Bonchev–Trinajstić information content (AvgIpc) is 3.36. The summed E-state index contributed by atoms with van der Waals surface area (Å²) in [6.07, 6.45) is 7.45. The van der Waals surface area contributed by atoms with Gasteiger partial charge < -0.3 is 25.3 Å². The molecular weight excluding hydrogens is 426 g/mol. The van der Waals surface area contributed by atoms with Crippen LogP contribution in [0.1, 0.15) is 43.0 Å². The summed E-state index contributed by atoms with van der Waals surface area (Å²) in [6, 6.07) is 14.5. The lowest BCUT2D eigenvalue weighted by atomic mass is 10.1. The van der Waals surface area contributed by atoms with Crippen LogP contribution in [0, 0.1) is 0 Å². The molecule has 1 atom stereocenters. The number of aliphatic carboxylic acids is 2. The van der Waals surface area contributed by atoms with Crippen LogP contribution in [0.3, 0.4) is 0 Å². The van der Waals surface area contributed by atoms with Gasteiger partial charge in [0.1, 0.15) is 5.76 Å². The molecule has 9 nitrogen and oxygen atoms in total. The minimum absolute atomic E-state index is 0.0555. The highest BCUT2D eigenvalue weighted by atomic mass is 16.4. The summed E-state index contributed by atoms with van der Waals surface area (Å²) in [7, 11) is 0. The Morgan fingerprint density at radius 1 is 0.970 bits per heavy atom. The van der Waals surface area contributed by atoms with Crippen molar-refractivity contribution in [3.8, 4) is 0 Å². The van der Waals surface area contributed by atoms with E-state index in [-0.39, 0.29) is 11.9 Å². The van der Waals surface area contributed by atoms with Crippen molar-refractivity contribution in [2.24, 2.45) is 0 Å². The smallest absolute Gasteiger partial charge is 0.414 e. The van der Waals surface area contributed by atoms with Gasteiger partial charge >= 0.3 is 11.9 Å². The molecule has 33 heavy (non-hydrogen) atoms. The minimum Gasteiger partial charge on any atom is -0.473 e. The number of furan rings is 1. The van der Waals surface area contributed by atoms with E-state index >= 15 is 0 Å². The van der Waals surface area contributed by atoms with Gasteiger partial charge in [0.25, 0.3) is 0 Å². The van der Waals surface area contributed by atoms with Crippen LogP contribution in [0.5, 0.6) is 0 Å². The van der Waals surface area contributed by atoms with Crippen molar-refractivity contribution in [2.75, 3.05) is 32.7 Å². The maximum absolute atomic E-state index is 12.1. The van der Waals surface area contributed by atoms with Crippen LogP contribution >= 0.6 is 0 Å². The molecule has 1 aromatic heterocycles. The average molecular weight is 460 g/mol. The Morgan fingerprint density at radius 2 is 1.67 bits per heavy atom. The van der Waals surface area contributed by atoms with E-state index in [9.17, 15) is 4.79 Å². The Bertz CT molecular complexity index is 823. The Balaban J connectivity index is 0.000000569. The van der Waals surface area contributed by atoms with Crippen molar-refractivity contribution >= 4 is 17.8 Å². The van der Waals surface area contributed by atoms with Crippen LogP contribution in [-0.4, -0.2) is 65.7 Å². The van der Waals surface area contributed by atoms with Crippen molar-refractivity contribution in [2.45, 2.75) is 38.1 Å². The Kier molecular flexibility index (Phi) is 11.7. The fourth-order valence-corrected chi connectivity index (χ4v) is 3.67. The number of hydrogen-bond acceptors (Lipinski definition) is 6. The predicted molar refractivity (Wildman–Crippen MR) is 123 cm³/mol. The first-order valence-corrected chi connectivity index (χ1v) is 11.2. The molecule has 0 aliphatic carbocycles. The predicted octanol–water partition coefficient (Wildman–Crippen LogP) is 2.30. The van der Waals surface area contributed by atoms with Gasteiger partial charge in [0.05, 0.1) is 18.8 Å². The molecule has 1 aromatic carbocycles. The second-order valence-corrected chi connectivity index (χ2v) is 7.81. The SMILES string of the molecule is O=C(CNCC(c1ccco1)N1CCCCC1)NCCCc1ccccc1.O=C(O)C(=O)O. The quantitative estimate of drug-likeness (QED) is 0.314. The maximum Gasteiger partial charge on any atom is 0.414 e. The molecule has 1 aliphatic rings. The Morgan fingerprint density at radius 3 is 2.27 bits per heavy atom. The normalized spacial score (nSPS) is 14.5. The monoisotopic (exact) mass is 459 g/mol. The van der Waals surface area contributed by atoms with Gasteiger partial charge in [0, 0.05) is 13.1 Å². The zero-order valence-corrected chi connectivity index (χ0v) is 18.7. The van der Waals surface area contributed by atoms with E-state index in [1.807, 2.05) is 18.2 Å². The largest absolute Gasteiger partial charge is 0.473 e. The molecule has 1 aliphatic heterocycles. The van der Waals surface area contributed by atoms with E-state index in [1.54, 1.807) is 6.26 Å². The number of nitrogens with zero attached hydrogens (tertiary/aromatic N) is 1. The van der Waals surface area contributed by atoms with Gasteiger partial charge in [-0.25, -0.2) is 9.59 Å². The van der Waals surface area contributed by atoms with Crippen molar-refractivity contribution in [3.63, 3.8) is 0 Å². The van der Waals surface area contributed by atoms with Crippen LogP contribution in [0.15, 0.2) is 53.1 Å². The molecule has 3 rings (SSSR count). The summed E-state index contributed by atoms with van der Waals surface area (Å²) in [5.74, 6) is -2.61. The van der Waals surface area contributed by atoms with Crippen molar-refractivity contribution < 1.29 is 29.0 Å². The molecule has 180 valence electrons. The number of benzene rings is 1. The van der Waals surface area contributed by atoms with Gasteiger partial charge in [-0.2, -0.15) is 0 Å². The standard InChI is InChI=1S/C22H31N3O2.C2H2O4/c26-22(24-13-7-11-19-9-3-1-4-10-19)18-23-17-20(21-12-8-16-27-21)25-14-5-2-6-15-25;3-1(4)2(5)6/h1,3-4,8-10,12,16,20,23H,2,5-7,11,13-15,17-18H2,(H,24,26);(H,3,4)(H,5,6). The summed E-state index contributed by atoms with van der Waals surface area (Å²) in [4.78, 5) is 32.8. The highest BCUT2D eigenvalue weighted by Crippen LogP contribution is 2.24. The molecule has 0 saturated carbocycles. The summed E-state index contributed by atoms with van der Waals surface area (Å²) in [6.45, 7) is 3.97. The second-order valence-electron chi connectivity index (χ2n) is 7.81. The van der Waals surface area contributed by atoms with E-state index in [0.29, 0.717) is 13.1 Å². The zero-order valence-electron chi connectivity index (χ0n) is 18.7. The van der Waals surface area contributed by atoms with E-state index in [2.05, 4.69) is 39.8 Å². The van der Waals surface area contributed by atoms with Gasteiger partial charge in [-0.1, -0.05) is 36.8 Å². The van der Waals surface area contributed by atoms with Crippen molar-refractivity contribution in [3.05, 3.63) is 60.1 Å². The van der Waals surface area contributed by atoms with E-state index < -0.39 is 11.9 Å². The van der Waals surface area contributed by atoms with Crippen molar-refractivity contribution in [1.82, 2.24) is 15.5 Å². The molecule has 4 N–H and O–H groups in total. The van der Waals surface area contributed by atoms with Gasteiger partial charge in [-0.3, -0.25) is 9.69 Å². The topological polar surface area (TPSA) is 132 Å². The fraction of sp³-hybridized carbons (Fsp3) is 0.458. The molecule has 9 heteroatoms. The molecule has 1 unspecified atom stereocenters. The first-order chi connectivity index (χ1) is 16.0. The van der Waals surface area contributed by atoms with E-state index in [1.165, 1.54) is 24.8 Å². The Labute approximate surface area is 193 Å². The number of likely N-dealkylation sites (tertiary alicyclic amines) is 1. The molecule has 2 heterocycles. The molecule has 2 aromatic rings. The number of nitrogens with one attached hydrogen (secondary N) is 2. The van der Waals surface area contributed by atoms with E-state index in [0.717, 1.165) is 38.2 Å². The molecule has 0 spiro atoms. The number of carbonyl (C=O) groups is 3. The number of rotatable bonds is 10. The summed E-state index contributed by atoms with van der Waals surface area (Å²) in [5.41, 5.74) is 1.31. The zero-order chi connectivity index (χ0) is 23.9. The third-order valence-corrected chi connectivity index (χ3v) is 5.32. The molecule has 0 bridgehead atoms. The minimum atomic E-state index is -1.82. The van der Waals surface area contributed by atoms with Gasteiger partial charge in [-0.15, -0.1) is 0 Å². The Hall–Kier alpha value is -3.17. The van der Waals surface area contributed by atoms with Gasteiger partial charge in [0.2, 0.25) is 5.91 Å². The summed E-state index contributed by atoms with van der Waals surface area (Å²) in [5, 5.41) is 21.1. The second kappa shape index (κ2) is 14.8. The molecule has 1 amide bonds. The molecule has 0 radical (unpaired) electrons. The molecule has 1 saturated heterocycles. The lowest BCUT2D eigenvalue weighted by Gasteiger charge is -2.33. The van der Waals surface area contributed by atoms with E-state index in [4.69, 9.17) is 24.2 Å². The first-order valence-electron chi connectivity index (χ1n) is 11.2. The van der Waals surface area contributed by atoms with Crippen LogP contribution in [0.25, 0.3) is 0 Å². The van der Waals surface area contributed by atoms with Gasteiger partial charge in [0.15, 0.2) is 0 Å². The first kappa shape index (κ1) is 26.1. The van der Waals surface area contributed by atoms with Crippen LogP contribution in [0.2, 0.25) is 0 Å². The van der Waals surface area contributed by atoms with Crippen LogP contribution < -0.4 is 10.6 Å². The number of carbonyl (C=O) groups excluding carboxylic acids is 1. The third-order valence-electron chi connectivity index (χ3n) is 5.32. The maximum atomic E-state index is 12.1. The van der Waals surface area contributed by atoms with Crippen molar-refractivity contribution in [1.29, 1.82) is 0 Å². The lowest BCUT2D eigenvalue weighted by molar-refractivity contribution is -0.159. The molecular formula is C24H33N3O6.